The molecule has 4 nitrogen and oxygen atoms in total. The Bertz CT molecular complexity index is 570. The van der Waals surface area contributed by atoms with Crippen LogP contribution >= 0.6 is 0 Å². The molecule has 0 bridgehead atoms. The summed E-state index contributed by atoms with van der Waals surface area (Å²) in [4.78, 5) is 14.2. The van der Waals surface area contributed by atoms with E-state index in [4.69, 9.17) is 10.5 Å². The standard InChI is InChI=1S/C17H22N2O2/c1-11-14-6-4-3-5-13(14)9-10-19(11)17(20)21-12(2)15-7-8-16(15)18/h3-6,11,15-16H,2,7-10,18H2,1H3/t11-,15+,16-/m0/s1. The summed E-state index contributed by atoms with van der Waals surface area (Å²) in [6.07, 6.45) is 2.51. The molecule has 1 aliphatic carbocycles. The predicted molar refractivity (Wildman–Crippen MR) is 81.6 cm³/mol. The lowest BCUT2D eigenvalue weighted by Crippen LogP contribution is -2.43. The lowest BCUT2D eigenvalue weighted by Gasteiger charge is -2.37. The smallest absolute Gasteiger partial charge is 0.415 e. The van der Waals surface area contributed by atoms with Crippen LogP contribution in [0.3, 0.4) is 0 Å². The molecule has 3 rings (SSSR count). The number of hydrogen-bond donors (Lipinski definition) is 1. The number of nitrogens with two attached hydrogens (primary N) is 1. The SMILES string of the molecule is C=C(OC(=O)N1CCc2ccccc2[C@@H]1C)[C@H]1CC[C@@H]1N. The number of carbonyl (C=O) groups is 1. The highest BCUT2D eigenvalue weighted by molar-refractivity contribution is 5.70. The minimum Gasteiger partial charge on any atom is -0.415 e. The first-order valence-electron chi connectivity index (χ1n) is 7.58. The third-order valence-electron chi connectivity index (χ3n) is 4.79. The Morgan fingerprint density at radius 2 is 2.14 bits per heavy atom. The summed E-state index contributed by atoms with van der Waals surface area (Å²) < 4.78 is 5.46. The number of hydrogen-bond acceptors (Lipinski definition) is 3. The zero-order valence-electron chi connectivity index (χ0n) is 12.4. The zero-order valence-corrected chi connectivity index (χ0v) is 12.4. The first-order chi connectivity index (χ1) is 10.1. The third kappa shape index (κ3) is 2.56. The molecule has 112 valence electrons. The fourth-order valence-corrected chi connectivity index (χ4v) is 3.19. The van der Waals surface area contributed by atoms with Gasteiger partial charge >= 0.3 is 6.09 Å². The van der Waals surface area contributed by atoms with Crippen molar-refractivity contribution in [2.24, 2.45) is 11.7 Å². The van der Waals surface area contributed by atoms with Gasteiger partial charge in [-0.2, -0.15) is 0 Å². The number of rotatable bonds is 2. The second kappa shape index (κ2) is 5.53. The molecular weight excluding hydrogens is 264 g/mol. The monoisotopic (exact) mass is 286 g/mol. The van der Waals surface area contributed by atoms with Gasteiger partial charge in [0.2, 0.25) is 0 Å². The van der Waals surface area contributed by atoms with E-state index in [1.165, 1.54) is 11.1 Å². The number of ether oxygens (including phenoxy) is 1. The summed E-state index contributed by atoms with van der Waals surface area (Å²) in [6.45, 7) is 6.60. The first-order valence-corrected chi connectivity index (χ1v) is 7.58. The second-order valence-electron chi connectivity index (χ2n) is 6.00. The highest BCUT2D eigenvalue weighted by atomic mass is 16.6. The van der Waals surface area contributed by atoms with Crippen molar-refractivity contribution >= 4 is 6.09 Å². The van der Waals surface area contributed by atoms with Gasteiger partial charge < -0.3 is 15.4 Å². The summed E-state index contributed by atoms with van der Waals surface area (Å²) in [5, 5.41) is 0. The van der Waals surface area contributed by atoms with Crippen molar-refractivity contribution in [2.45, 2.75) is 38.3 Å². The van der Waals surface area contributed by atoms with E-state index in [1.54, 1.807) is 4.90 Å². The van der Waals surface area contributed by atoms with E-state index in [2.05, 4.69) is 18.7 Å². The van der Waals surface area contributed by atoms with E-state index < -0.39 is 0 Å². The number of amides is 1. The second-order valence-corrected chi connectivity index (χ2v) is 6.00. The van der Waals surface area contributed by atoms with E-state index >= 15 is 0 Å². The molecule has 21 heavy (non-hydrogen) atoms. The van der Waals surface area contributed by atoms with Crippen LogP contribution in [-0.2, 0) is 11.2 Å². The highest BCUT2D eigenvalue weighted by Crippen LogP contribution is 2.34. The molecule has 0 spiro atoms. The van der Waals surface area contributed by atoms with Gasteiger partial charge in [0, 0.05) is 18.5 Å². The third-order valence-corrected chi connectivity index (χ3v) is 4.79. The van der Waals surface area contributed by atoms with Crippen LogP contribution in [0.25, 0.3) is 0 Å². The van der Waals surface area contributed by atoms with E-state index in [0.717, 1.165) is 19.3 Å². The Balaban J connectivity index is 1.67. The molecule has 1 saturated carbocycles. The molecular formula is C17H22N2O2. The lowest BCUT2D eigenvalue weighted by molar-refractivity contribution is 0.0906. The van der Waals surface area contributed by atoms with Crippen LogP contribution in [0.1, 0.15) is 36.9 Å². The van der Waals surface area contributed by atoms with Crippen molar-refractivity contribution in [1.82, 2.24) is 4.90 Å². The van der Waals surface area contributed by atoms with Crippen LogP contribution < -0.4 is 5.73 Å². The molecule has 1 aromatic carbocycles. The van der Waals surface area contributed by atoms with Crippen molar-refractivity contribution in [2.75, 3.05) is 6.54 Å². The van der Waals surface area contributed by atoms with Crippen molar-refractivity contribution in [3.05, 3.63) is 47.7 Å². The molecule has 0 saturated heterocycles. The minimum atomic E-state index is -0.305. The van der Waals surface area contributed by atoms with Crippen LogP contribution in [0.5, 0.6) is 0 Å². The average molecular weight is 286 g/mol. The van der Waals surface area contributed by atoms with E-state index in [0.29, 0.717) is 12.3 Å². The van der Waals surface area contributed by atoms with Crippen LogP contribution in [0.15, 0.2) is 36.6 Å². The summed E-state index contributed by atoms with van der Waals surface area (Å²) in [6, 6.07) is 8.38. The number of benzene rings is 1. The van der Waals surface area contributed by atoms with Crippen LogP contribution in [0.2, 0.25) is 0 Å². The minimum absolute atomic E-state index is 0.0327. The molecule has 1 amide bonds. The Kier molecular flexibility index (Phi) is 3.72. The van der Waals surface area contributed by atoms with E-state index in [9.17, 15) is 4.79 Å². The molecule has 1 aromatic rings. The van der Waals surface area contributed by atoms with Gasteiger partial charge in [-0.1, -0.05) is 30.8 Å². The van der Waals surface area contributed by atoms with Crippen molar-refractivity contribution in [3.8, 4) is 0 Å². The van der Waals surface area contributed by atoms with Gasteiger partial charge in [0.05, 0.1) is 6.04 Å². The molecule has 1 heterocycles. The Hall–Kier alpha value is -1.81. The van der Waals surface area contributed by atoms with Gasteiger partial charge in [-0.3, -0.25) is 0 Å². The molecule has 0 aromatic heterocycles. The van der Waals surface area contributed by atoms with Gasteiger partial charge in [-0.25, -0.2) is 4.79 Å². The molecule has 4 heteroatoms. The Labute approximate surface area is 125 Å². The topological polar surface area (TPSA) is 55.6 Å². The Morgan fingerprint density at radius 1 is 1.38 bits per heavy atom. The van der Waals surface area contributed by atoms with Gasteiger partial charge in [-0.05, 0) is 37.3 Å². The molecule has 1 aliphatic heterocycles. The number of carbonyl (C=O) groups excluding carboxylic acids is 1. The van der Waals surface area contributed by atoms with Crippen LogP contribution in [0, 0.1) is 5.92 Å². The van der Waals surface area contributed by atoms with Gasteiger partial charge in [0.1, 0.15) is 5.76 Å². The first kappa shape index (κ1) is 14.1. The van der Waals surface area contributed by atoms with Crippen molar-refractivity contribution in [1.29, 1.82) is 0 Å². The van der Waals surface area contributed by atoms with Gasteiger partial charge in [-0.15, -0.1) is 0 Å². The summed E-state index contributed by atoms with van der Waals surface area (Å²) in [5.74, 6) is 0.645. The molecule has 2 aliphatic rings. The molecule has 1 fully saturated rings. The maximum absolute atomic E-state index is 12.4. The largest absolute Gasteiger partial charge is 0.415 e. The van der Waals surface area contributed by atoms with E-state index in [-0.39, 0.29) is 24.1 Å². The zero-order chi connectivity index (χ0) is 15.0. The average Bonchev–Trinajstić information content (AvgIpc) is 2.46. The maximum atomic E-state index is 12.4. The fourth-order valence-electron chi connectivity index (χ4n) is 3.19. The van der Waals surface area contributed by atoms with Gasteiger partial charge in [0.15, 0.2) is 0 Å². The number of fused-ring (bicyclic) bond motifs is 1. The van der Waals surface area contributed by atoms with Crippen LogP contribution in [-0.4, -0.2) is 23.6 Å². The number of nitrogens with zero attached hydrogens (tertiary/aromatic N) is 1. The lowest BCUT2D eigenvalue weighted by atomic mass is 9.79. The van der Waals surface area contributed by atoms with Gasteiger partial charge in [0.25, 0.3) is 0 Å². The predicted octanol–water partition coefficient (Wildman–Crippen LogP) is 2.99. The quantitative estimate of drug-likeness (QED) is 0.850. The van der Waals surface area contributed by atoms with E-state index in [1.807, 2.05) is 19.1 Å². The molecule has 0 radical (unpaired) electrons. The van der Waals surface area contributed by atoms with Crippen molar-refractivity contribution < 1.29 is 9.53 Å². The summed E-state index contributed by atoms with van der Waals surface area (Å²) >= 11 is 0. The summed E-state index contributed by atoms with van der Waals surface area (Å²) in [7, 11) is 0. The normalized spacial score (nSPS) is 27.5. The molecule has 2 N–H and O–H groups in total. The Morgan fingerprint density at radius 3 is 2.81 bits per heavy atom. The molecule has 3 atom stereocenters. The molecule has 0 unspecified atom stereocenters. The maximum Gasteiger partial charge on any atom is 0.415 e. The highest BCUT2D eigenvalue weighted by Gasteiger charge is 2.34. The van der Waals surface area contributed by atoms with Crippen molar-refractivity contribution in [3.63, 3.8) is 0 Å². The van der Waals surface area contributed by atoms with Crippen LogP contribution in [0.4, 0.5) is 4.79 Å². The fraction of sp³-hybridized carbons (Fsp3) is 0.471. The summed E-state index contributed by atoms with van der Waals surface area (Å²) in [5.41, 5.74) is 8.42.